The molecule has 1 aromatic carbocycles. The van der Waals surface area contributed by atoms with E-state index in [1.165, 1.54) is 18.4 Å². The summed E-state index contributed by atoms with van der Waals surface area (Å²) in [5.74, 6) is 0.601. The Morgan fingerprint density at radius 3 is 2.42 bits per heavy atom. The molecule has 0 aliphatic rings. The topological polar surface area (TPSA) is 68.2 Å². The summed E-state index contributed by atoms with van der Waals surface area (Å²) in [7, 11) is 1.84. The third-order valence-corrected chi connectivity index (χ3v) is 3.27. The van der Waals surface area contributed by atoms with Gasteiger partial charge in [0.15, 0.2) is 0 Å². The van der Waals surface area contributed by atoms with E-state index in [1.807, 2.05) is 11.9 Å². The van der Waals surface area contributed by atoms with Gasteiger partial charge in [0.2, 0.25) is 11.7 Å². The van der Waals surface area contributed by atoms with Crippen molar-refractivity contribution in [1.82, 2.24) is 20.2 Å². The summed E-state index contributed by atoms with van der Waals surface area (Å²) < 4.78 is 47.6. The zero-order chi connectivity index (χ0) is 17.2. The Balaban J connectivity index is 1.66. The van der Waals surface area contributed by atoms with Gasteiger partial charge in [-0.3, -0.25) is 4.90 Å². The van der Waals surface area contributed by atoms with Crippen molar-refractivity contribution in [2.45, 2.75) is 19.3 Å². The van der Waals surface area contributed by atoms with E-state index >= 15 is 0 Å². The second kappa shape index (κ2) is 6.44. The smallest absolute Gasteiger partial charge is 0.364 e. The van der Waals surface area contributed by atoms with Gasteiger partial charge >= 0.3 is 6.18 Å². The van der Waals surface area contributed by atoms with E-state index in [1.54, 1.807) is 6.07 Å². The minimum absolute atomic E-state index is 0.244. The molecule has 126 valence electrons. The third-order valence-electron chi connectivity index (χ3n) is 3.27. The Hall–Kier alpha value is -2.68. The molecule has 3 rings (SSSR count). The fraction of sp³-hybridized carbons (Fsp3) is 0.267. The molecule has 0 unspecified atom stereocenters. The molecule has 0 amide bonds. The molecule has 0 radical (unpaired) electrons. The molecular formula is C15H13F3N4O2. The maximum atomic E-state index is 12.6. The molecule has 24 heavy (non-hydrogen) atoms. The molecule has 0 atom stereocenters. The first-order valence-corrected chi connectivity index (χ1v) is 7.00. The van der Waals surface area contributed by atoms with E-state index in [-0.39, 0.29) is 5.82 Å². The van der Waals surface area contributed by atoms with E-state index < -0.39 is 11.7 Å². The zero-order valence-corrected chi connectivity index (χ0v) is 12.6. The van der Waals surface area contributed by atoms with Crippen molar-refractivity contribution < 1.29 is 22.2 Å². The van der Waals surface area contributed by atoms with Gasteiger partial charge in [-0.05, 0) is 19.2 Å². The lowest BCUT2D eigenvalue weighted by Gasteiger charge is -2.11. The second-order valence-corrected chi connectivity index (χ2v) is 5.25. The molecule has 9 heteroatoms. The van der Waals surface area contributed by atoms with Crippen LogP contribution >= 0.6 is 0 Å². The number of nitrogens with zero attached hydrogens (tertiary/aromatic N) is 4. The first-order chi connectivity index (χ1) is 11.4. The van der Waals surface area contributed by atoms with Crippen LogP contribution in [0.1, 0.15) is 17.1 Å². The first kappa shape index (κ1) is 16.2. The van der Waals surface area contributed by atoms with Crippen molar-refractivity contribution >= 4 is 0 Å². The van der Waals surface area contributed by atoms with Crippen LogP contribution in [0.4, 0.5) is 13.2 Å². The number of rotatable bonds is 5. The van der Waals surface area contributed by atoms with Crippen LogP contribution in [0, 0.1) is 0 Å². The standard InChI is InChI=1S/C15H13F3N4O2/c1-22(8-12-6-7-23-20-12)9-13-19-14(21-24-13)10-2-4-11(5-3-10)15(16,17)18/h2-7H,8-9H2,1H3. The van der Waals surface area contributed by atoms with Crippen molar-refractivity contribution in [1.29, 1.82) is 0 Å². The van der Waals surface area contributed by atoms with Gasteiger partial charge in [0.25, 0.3) is 0 Å². The van der Waals surface area contributed by atoms with Crippen LogP contribution in [0.25, 0.3) is 11.4 Å². The lowest BCUT2D eigenvalue weighted by Crippen LogP contribution is -2.17. The monoisotopic (exact) mass is 338 g/mol. The average Bonchev–Trinajstić information content (AvgIpc) is 3.18. The van der Waals surface area contributed by atoms with E-state index in [4.69, 9.17) is 9.05 Å². The fourth-order valence-electron chi connectivity index (χ4n) is 2.13. The van der Waals surface area contributed by atoms with Crippen LogP contribution in [0.3, 0.4) is 0 Å². The zero-order valence-electron chi connectivity index (χ0n) is 12.6. The molecule has 0 bridgehead atoms. The normalized spacial score (nSPS) is 12.0. The van der Waals surface area contributed by atoms with Crippen LogP contribution < -0.4 is 0 Å². The average molecular weight is 338 g/mol. The van der Waals surface area contributed by atoms with Crippen molar-refractivity contribution in [3.63, 3.8) is 0 Å². The Labute approximate surface area is 134 Å². The highest BCUT2D eigenvalue weighted by Crippen LogP contribution is 2.30. The summed E-state index contributed by atoms with van der Waals surface area (Å²) >= 11 is 0. The highest BCUT2D eigenvalue weighted by Gasteiger charge is 2.30. The molecule has 0 saturated carbocycles. The van der Waals surface area contributed by atoms with Crippen molar-refractivity contribution in [3.05, 3.63) is 53.7 Å². The lowest BCUT2D eigenvalue weighted by molar-refractivity contribution is -0.137. The van der Waals surface area contributed by atoms with Gasteiger partial charge in [0.05, 0.1) is 17.8 Å². The molecule has 0 aliphatic carbocycles. The molecule has 0 spiro atoms. The lowest BCUT2D eigenvalue weighted by atomic mass is 10.1. The first-order valence-electron chi connectivity index (χ1n) is 7.00. The number of alkyl halides is 3. The highest BCUT2D eigenvalue weighted by atomic mass is 19.4. The molecular weight excluding hydrogens is 325 g/mol. The molecule has 2 heterocycles. The summed E-state index contributed by atoms with van der Waals surface area (Å²) in [5.41, 5.74) is 0.499. The van der Waals surface area contributed by atoms with Crippen LogP contribution in [-0.4, -0.2) is 27.2 Å². The quantitative estimate of drug-likeness (QED) is 0.710. The van der Waals surface area contributed by atoms with E-state index in [0.717, 1.165) is 17.8 Å². The molecule has 0 saturated heterocycles. The summed E-state index contributed by atoms with van der Waals surface area (Å²) in [6, 6.07) is 6.36. The molecule has 6 nitrogen and oxygen atoms in total. The number of halogens is 3. The van der Waals surface area contributed by atoms with Crippen LogP contribution in [0.5, 0.6) is 0 Å². The van der Waals surface area contributed by atoms with Gasteiger partial charge in [-0.25, -0.2) is 0 Å². The molecule has 3 aromatic rings. The van der Waals surface area contributed by atoms with Crippen molar-refractivity contribution in [3.8, 4) is 11.4 Å². The van der Waals surface area contributed by atoms with Gasteiger partial charge in [-0.15, -0.1) is 0 Å². The SMILES string of the molecule is CN(Cc1ccon1)Cc1nc(-c2ccc(C(F)(F)F)cc2)no1. The molecule has 0 N–H and O–H groups in total. The minimum Gasteiger partial charge on any atom is -0.364 e. The number of hydrogen-bond acceptors (Lipinski definition) is 6. The number of benzene rings is 1. The van der Waals surface area contributed by atoms with Crippen molar-refractivity contribution in [2.75, 3.05) is 7.05 Å². The molecule has 0 fully saturated rings. The van der Waals surface area contributed by atoms with Crippen LogP contribution in [0.2, 0.25) is 0 Å². The Bertz CT molecular complexity index is 782. The fourth-order valence-corrected chi connectivity index (χ4v) is 2.13. The van der Waals surface area contributed by atoms with E-state index in [2.05, 4.69) is 15.3 Å². The molecule has 2 aromatic heterocycles. The summed E-state index contributed by atoms with van der Waals surface area (Å²) in [6.45, 7) is 0.912. The summed E-state index contributed by atoms with van der Waals surface area (Å²) in [6.07, 6.45) is -2.89. The maximum Gasteiger partial charge on any atom is 0.416 e. The highest BCUT2D eigenvalue weighted by molar-refractivity contribution is 5.54. The van der Waals surface area contributed by atoms with E-state index in [0.29, 0.717) is 24.5 Å². The van der Waals surface area contributed by atoms with Gasteiger partial charge in [0.1, 0.15) is 6.26 Å². The summed E-state index contributed by atoms with van der Waals surface area (Å²) in [4.78, 5) is 6.09. The van der Waals surface area contributed by atoms with Gasteiger partial charge in [-0.2, -0.15) is 18.2 Å². The maximum absolute atomic E-state index is 12.6. The van der Waals surface area contributed by atoms with Gasteiger partial charge < -0.3 is 9.05 Å². The van der Waals surface area contributed by atoms with Crippen molar-refractivity contribution in [2.24, 2.45) is 0 Å². The Morgan fingerprint density at radius 1 is 1.04 bits per heavy atom. The Morgan fingerprint density at radius 2 is 1.79 bits per heavy atom. The third kappa shape index (κ3) is 3.80. The van der Waals surface area contributed by atoms with Crippen LogP contribution in [-0.2, 0) is 19.3 Å². The Kier molecular flexibility index (Phi) is 4.34. The number of hydrogen-bond donors (Lipinski definition) is 0. The van der Waals surface area contributed by atoms with E-state index in [9.17, 15) is 13.2 Å². The predicted molar refractivity (Wildman–Crippen MR) is 76.4 cm³/mol. The van der Waals surface area contributed by atoms with Gasteiger partial charge in [-0.1, -0.05) is 22.4 Å². The molecule has 0 aliphatic heterocycles. The second-order valence-electron chi connectivity index (χ2n) is 5.25. The minimum atomic E-state index is -4.37. The van der Waals surface area contributed by atoms with Gasteiger partial charge in [0, 0.05) is 18.2 Å². The van der Waals surface area contributed by atoms with Crippen LogP contribution in [0.15, 0.2) is 45.6 Å². The predicted octanol–water partition coefficient (Wildman–Crippen LogP) is 3.38. The number of aromatic nitrogens is 3. The summed E-state index contributed by atoms with van der Waals surface area (Å²) in [5, 5.41) is 7.60. The largest absolute Gasteiger partial charge is 0.416 e.